The summed E-state index contributed by atoms with van der Waals surface area (Å²) in [5.74, 6) is -0.799. The second-order valence-corrected chi connectivity index (χ2v) is 7.37. The highest BCUT2D eigenvalue weighted by Crippen LogP contribution is 2.33. The Kier molecular flexibility index (Phi) is 3.45. The van der Waals surface area contributed by atoms with Crippen LogP contribution in [0.4, 0.5) is 4.39 Å². The maximum Gasteiger partial charge on any atom is 0.246 e. The van der Waals surface area contributed by atoms with Gasteiger partial charge in [-0.25, -0.2) is 12.8 Å². The van der Waals surface area contributed by atoms with E-state index in [9.17, 15) is 17.9 Å². The molecule has 1 aromatic rings. The van der Waals surface area contributed by atoms with Gasteiger partial charge in [0.25, 0.3) is 0 Å². The molecule has 0 spiro atoms. The van der Waals surface area contributed by atoms with E-state index in [0.29, 0.717) is 5.56 Å². The lowest BCUT2D eigenvalue weighted by Gasteiger charge is -2.47. The zero-order valence-corrected chi connectivity index (χ0v) is 12.0. The number of aliphatic hydroxyl groups is 1. The zero-order chi connectivity index (χ0) is 14.4. The van der Waals surface area contributed by atoms with Crippen molar-refractivity contribution in [2.45, 2.75) is 31.3 Å². The van der Waals surface area contributed by atoms with E-state index in [2.05, 4.69) is 0 Å². The van der Waals surface area contributed by atoms with Crippen molar-refractivity contribution in [3.05, 3.63) is 29.6 Å². The third-order valence-electron chi connectivity index (χ3n) is 3.68. The lowest BCUT2D eigenvalue weighted by molar-refractivity contribution is -0.0933. The van der Waals surface area contributed by atoms with E-state index in [0.717, 1.165) is 10.4 Å². The van der Waals surface area contributed by atoms with Gasteiger partial charge in [0, 0.05) is 13.1 Å². The molecule has 0 aromatic heterocycles. The van der Waals surface area contributed by atoms with Crippen LogP contribution in [0.2, 0.25) is 0 Å². The summed E-state index contributed by atoms with van der Waals surface area (Å²) in [5.41, 5.74) is -0.326. The first-order valence-electron chi connectivity index (χ1n) is 6.15. The van der Waals surface area contributed by atoms with E-state index in [1.807, 2.05) is 13.8 Å². The highest BCUT2D eigenvalue weighted by Gasteiger charge is 2.49. The SMILES string of the molecule is Cc1ccc(F)c(S(=O)(=O)N2CC(O)(C(C)C)C2)c1. The van der Waals surface area contributed by atoms with E-state index in [-0.39, 0.29) is 23.9 Å². The molecule has 0 saturated carbocycles. The van der Waals surface area contributed by atoms with E-state index in [4.69, 9.17) is 0 Å². The predicted octanol–water partition coefficient (Wildman–Crippen LogP) is 1.53. The average Bonchev–Trinajstić information content (AvgIpc) is 2.27. The van der Waals surface area contributed by atoms with E-state index in [1.165, 1.54) is 12.1 Å². The highest BCUT2D eigenvalue weighted by molar-refractivity contribution is 7.89. The number of hydrogen-bond donors (Lipinski definition) is 1. The summed E-state index contributed by atoms with van der Waals surface area (Å²) in [4.78, 5) is -0.321. The minimum absolute atomic E-state index is 0.0143. The zero-order valence-electron chi connectivity index (χ0n) is 11.2. The number of hydrogen-bond acceptors (Lipinski definition) is 3. The van der Waals surface area contributed by atoms with Crippen LogP contribution >= 0.6 is 0 Å². The van der Waals surface area contributed by atoms with Crippen molar-refractivity contribution >= 4 is 10.0 Å². The van der Waals surface area contributed by atoms with E-state index >= 15 is 0 Å². The van der Waals surface area contributed by atoms with Crippen molar-refractivity contribution in [3.8, 4) is 0 Å². The summed E-state index contributed by atoms with van der Waals surface area (Å²) >= 11 is 0. The van der Waals surface area contributed by atoms with Gasteiger partial charge in [0.05, 0.1) is 5.60 Å². The van der Waals surface area contributed by atoms with Crippen molar-refractivity contribution < 1.29 is 17.9 Å². The summed E-state index contributed by atoms with van der Waals surface area (Å²) < 4.78 is 39.3. The Morgan fingerprint density at radius 2 is 1.95 bits per heavy atom. The molecule has 1 fully saturated rings. The van der Waals surface area contributed by atoms with Crippen molar-refractivity contribution in [1.82, 2.24) is 4.31 Å². The molecule has 0 unspecified atom stereocenters. The standard InChI is InChI=1S/C13H18FNO3S/c1-9(2)13(16)7-15(8-13)19(17,18)12-6-10(3)4-5-11(12)14/h4-6,9,16H,7-8H2,1-3H3. The molecule has 6 heteroatoms. The Labute approximate surface area is 112 Å². The Morgan fingerprint density at radius 3 is 2.47 bits per heavy atom. The largest absolute Gasteiger partial charge is 0.387 e. The lowest BCUT2D eigenvalue weighted by Crippen LogP contribution is -2.65. The molecule has 4 nitrogen and oxygen atoms in total. The molecule has 1 heterocycles. The smallest absolute Gasteiger partial charge is 0.246 e. The monoisotopic (exact) mass is 287 g/mol. The van der Waals surface area contributed by atoms with Crippen molar-refractivity contribution in [2.75, 3.05) is 13.1 Å². The first-order valence-corrected chi connectivity index (χ1v) is 7.59. The molecule has 0 aliphatic carbocycles. The number of aryl methyl sites for hydroxylation is 1. The van der Waals surface area contributed by atoms with Crippen LogP contribution in [0.5, 0.6) is 0 Å². The fourth-order valence-corrected chi connectivity index (χ4v) is 3.76. The van der Waals surface area contributed by atoms with Crippen LogP contribution in [-0.2, 0) is 10.0 Å². The molecule has 0 atom stereocenters. The van der Waals surface area contributed by atoms with Gasteiger partial charge in [-0.3, -0.25) is 0 Å². The highest BCUT2D eigenvalue weighted by atomic mass is 32.2. The Balaban J connectivity index is 2.29. The minimum atomic E-state index is -3.86. The van der Waals surface area contributed by atoms with E-state index < -0.39 is 21.4 Å². The topological polar surface area (TPSA) is 57.6 Å². The average molecular weight is 287 g/mol. The van der Waals surface area contributed by atoms with Crippen LogP contribution in [0, 0.1) is 18.7 Å². The van der Waals surface area contributed by atoms with Gasteiger partial charge in [0.1, 0.15) is 10.7 Å². The van der Waals surface area contributed by atoms with Gasteiger partial charge in [-0.05, 0) is 30.5 Å². The van der Waals surface area contributed by atoms with Gasteiger partial charge in [0.2, 0.25) is 10.0 Å². The molecule has 1 saturated heterocycles. The first kappa shape index (κ1) is 14.4. The summed E-state index contributed by atoms with van der Waals surface area (Å²) in [5, 5.41) is 10.1. The van der Waals surface area contributed by atoms with Crippen molar-refractivity contribution in [1.29, 1.82) is 0 Å². The van der Waals surface area contributed by atoms with Crippen LogP contribution in [0.25, 0.3) is 0 Å². The summed E-state index contributed by atoms with van der Waals surface area (Å²) in [6.45, 7) is 5.40. The maximum atomic E-state index is 13.7. The minimum Gasteiger partial charge on any atom is -0.387 e. The van der Waals surface area contributed by atoms with E-state index in [1.54, 1.807) is 6.92 Å². The molecule has 1 N–H and O–H groups in total. The van der Waals surface area contributed by atoms with Crippen LogP contribution in [0.15, 0.2) is 23.1 Å². The molecular weight excluding hydrogens is 269 g/mol. The third kappa shape index (κ3) is 2.40. The maximum absolute atomic E-state index is 13.7. The molecule has 0 radical (unpaired) electrons. The van der Waals surface area contributed by atoms with Gasteiger partial charge in [0.15, 0.2) is 0 Å². The number of nitrogens with zero attached hydrogens (tertiary/aromatic N) is 1. The van der Waals surface area contributed by atoms with Crippen molar-refractivity contribution in [2.24, 2.45) is 5.92 Å². The predicted molar refractivity (Wildman–Crippen MR) is 69.7 cm³/mol. The second-order valence-electron chi connectivity index (χ2n) is 5.47. The lowest BCUT2D eigenvalue weighted by atomic mass is 9.85. The number of benzene rings is 1. The van der Waals surface area contributed by atoms with Crippen molar-refractivity contribution in [3.63, 3.8) is 0 Å². The summed E-state index contributed by atoms with van der Waals surface area (Å²) in [7, 11) is -3.86. The van der Waals surface area contributed by atoms with Gasteiger partial charge >= 0.3 is 0 Å². The molecule has 0 bridgehead atoms. The van der Waals surface area contributed by atoms with Gasteiger partial charge in [-0.15, -0.1) is 0 Å². The summed E-state index contributed by atoms with van der Waals surface area (Å²) in [6.07, 6.45) is 0. The fraction of sp³-hybridized carbons (Fsp3) is 0.538. The van der Waals surface area contributed by atoms with Crippen LogP contribution in [-0.4, -0.2) is 36.5 Å². The first-order chi connectivity index (χ1) is 8.67. The third-order valence-corrected chi connectivity index (χ3v) is 5.49. The second kappa shape index (κ2) is 4.54. The van der Waals surface area contributed by atoms with Gasteiger partial charge in [-0.2, -0.15) is 4.31 Å². The van der Waals surface area contributed by atoms with Gasteiger partial charge < -0.3 is 5.11 Å². The molecule has 2 rings (SSSR count). The molecule has 19 heavy (non-hydrogen) atoms. The van der Waals surface area contributed by atoms with Crippen LogP contribution < -0.4 is 0 Å². The quantitative estimate of drug-likeness (QED) is 0.917. The molecule has 1 aromatic carbocycles. The molecule has 1 aliphatic rings. The van der Waals surface area contributed by atoms with Crippen LogP contribution in [0.1, 0.15) is 19.4 Å². The van der Waals surface area contributed by atoms with Crippen LogP contribution in [0.3, 0.4) is 0 Å². The number of rotatable bonds is 3. The Bertz CT molecular complexity index is 592. The molecular formula is C13H18FNO3S. The Hall–Kier alpha value is -0.980. The Morgan fingerprint density at radius 1 is 1.37 bits per heavy atom. The van der Waals surface area contributed by atoms with Gasteiger partial charge in [-0.1, -0.05) is 19.9 Å². The normalized spacial score (nSPS) is 19.5. The number of β-amino-alcohol motifs (C(OH)–C–C–N with tert-alkyl or cyclic N) is 1. The number of sulfonamides is 1. The molecule has 0 amide bonds. The fourth-order valence-electron chi connectivity index (χ4n) is 2.05. The molecule has 1 aliphatic heterocycles. The summed E-state index contributed by atoms with van der Waals surface area (Å²) in [6, 6.07) is 3.99. The number of halogens is 1. The molecule has 106 valence electrons.